The molecule has 0 saturated heterocycles. The number of aryl methyl sites for hydroxylation is 1. The van der Waals surface area contributed by atoms with E-state index in [4.69, 9.17) is 5.11 Å². The fourth-order valence-electron chi connectivity index (χ4n) is 2.96. The highest BCUT2D eigenvalue weighted by Gasteiger charge is 2.15. The third-order valence-electron chi connectivity index (χ3n) is 4.23. The van der Waals surface area contributed by atoms with E-state index in [0.29, 0.717) is 12.4 Å². The summed E-state index contributed by atoms with van der Waals surface area (Å²) in [5.41, 5.74) is 4.28. The smallest absolute Gasteiger partial charge is 0.303 e. The molecule has 0 spiro atoms. The van der Waals surface area contributed by atoms with Gasteiger partial charge in [-0.1, -0.05) is 42.5 Å². The highest BCUT2D eigenvalue weighted by Crippen LogP contribution is 2.16. The minimum absolute atomic E-state index is 0.143. The molecule has 0 radical (unpaired) electrons. The van der Waals surface area contributed by atoms with Gasteiger partial charge in [0.15, 0.2) is 0 Å². The van der Waals surface area contributed by atoms with Gasteiger partial charge in [-0.2, -0.15) is 0 Å². The van der Waals surface area contributed by atoms with Crippen LogP contribution < -0.4 is 5.32 Å². The predicted octanol–water partition coefficient (Wildman–Crippen LogP) is 3.95. The second-order valence-electron chi connectivity index (χ2n) is 6.56. The Morgan fingerprint density at radius 2 is 1.85 bits per heavy atom. The zero-order chi connectivity index (χ0) is 18.4. The quantitative estimate of drug-likeness (QED) is 0.829. The van der Waals surface area contributed by atoms with E-state index < -0.39 is 5.97 Å². The zero-order valence-electron chi connectivity index (χ0n) is 14.9. The van der Waals surface area contributed by atoms with Crippen molar-refractivity contribution >= 4 is 23.3 Å². The number of guanidine groups is 1. The average molecular weight is 349 g/mol. The summed E-state index contributed by atoms with van der Waals surface area (Å²) in [5, 5.41) is 12.0. The van der Waals surface area contributed by atoms with Gasteiger partial charge in [0.1, 0.15) is 0 Å². The Labute approximate surface area is 153 Å². The van der Waals surface area contributed by atoms with E-state index in [9.17, 15) is 4.79 Å². The van der Waals surface area contributed by atoms with E-state index in [1.54, 1.807) is 0 Å². The minimum Gasteiger partial charge on any atom is -0.481 e. The van der Waals surface area contributed by atoms with Crippen LogP contribution in [0.4, 0.5) is 5.69 Å². The highest BCUT2D eigenvalue weighted by atomic mass is 16.4. The first kappa shape index (κ1) is 17.9. The molecule has 0 saturated carbocycles. The second kappa shape index (κ2) is 8.43. The van der Waals surface area contributed by atoms with Crippen molar-refractivity contribution in [2.45, 2.75) is 38.6 Å². The molecule has 0 amide bonds. The molecule has 5 heteroatoms. The summed E-state index contributed by atoms with van der Waals surface area (Å²) in [6.07, 6.45) is 2.38. The van der Waals surface area contributed by atoms with Crippen LogP contribution in [0.1, 0.15) is 30.9 Å². The Morgan fingerprint density at radius 1 is 1.12 bits per heavy atom. The van der Waals surface area contributed by atoms with E-state index in [1.165, 1.54) is 5.56 Å². The fourth-order valence-corrected chi connectivity index (χ4v) is 2.96. The maximum atomic E-state index is 10.7. The standard InChI is InChI=1S/C21H23N3O2/c1-15-13-19(14-17-5-3-2-4-6-17)24-21(22-15)23-18-10-7-16(8-11-18)9-12-20(25)26/h2-8,10-11,15H,9,12-14H2,1H3,(H,22,23)(H,25,26). The molecule has 26 heavy (non-hydrogen) atoms. The summed E-state index contributed by atoms with van der Waals surface area (Å²) in [6, 6.07) is 18.3. The number of carboxylic acids is 1. The van der Waals surface area contributed by atoms with Crippen LogP contribution in [-0.2, 0) is 17.6 Å². The monoisotopic (exact) mass is 349 g/mol. The molecule has 0 fully saturated rings. The van der Waals surface area contributed by atoms with Gasteiger partial charge >= 0.3 is 5.97 Å². The van der Waals surface area contributed by atoms with Crippen LogP contribution in [0.2, 0.25) is 0 Å². The molecule has 0 bridgehead atoms. The molecule has 1 heterocycles. The number of carbonyl (C=O) groups is 1. The van der Waals surface area contributed by atoms with Gasteiger partial charge in [-0.25, -0.2) is 9.98 Å². The number of anilines is 1. The number of hydrogen-bond donors (Lipinski definition) is 2. The van der Waals surface area contributed by atoms with Gasteiger partial charge in [-0.05, 0) is 36.6 Å². The normalized spacial score (nSPS) is 16.6. The number of nitrogens with zero attached hydrogens (tertiary/aromatic N) is 2. The summed E-state index contributed by atoms with van der Waals surface area (Å²) in [4.78, 5) is 19.9. The van der Waals surface area contributed by atoms with E-state index in [0.717, 1.165) is 29.8 Å². The lowest BCUT2D eigenvalue weighted by Gasteiger charge is -2.18. The van der Waals surface area contributed by atoms with Crippen molar-refractivity contribution in [2.24, 2.45) is 9.98 Å². The molecule has 3 rings (SSSR count). The Kier molecular flexibility index (Phi) is 5.79. The summed E-state index contributed by atoms with van der Waals surface area (Å²) < 4.78 is 0. The Bertz CT molecular complexity index is 811. The van der Waals surface area contributed by atoms with Crippen LogP contribution in [0, 0.1) is 0 Å². The lowest BCUT2D eigenvalue weighted by Crippen LogP contribution is -2.24. The predicted molar refractivity (Wildman–Crippen MR) is 105 cm³/mol. The Morgan fingerprint density at radius 3 is 2.54 bits per heavy atom. The molecule has 1 unspecified atom stereocenters. The number of aliphatic imine (C=N–C) groups is 2. The number of nitrogens with one attached hydrogen (secondary N) is 1. The van der Waals surface area contributed by atoms with Crippen molar-refractivity contribution < 1.29 is 9.90 Å². The van der Waals surface area contributed by atoms with Gasteiger partial charge in [-0.15, -0.1) is 0 Å². The van der Waals surface area contributed by atoms with Gasteiger partial charge in [0.05, 0.1) is 6.04 Å². The maximum Gasteiger partial charge on any atom is 0.303 e. The van der Waals surface area contributed by atoms with Crippen LogP contribution >= 0.6 is 0 Å². The van der Waals surface area contributed by atoms with Crippen molar-refractivity contribution in [3.8, 4) is 0 Å². The van der Waals surface area contributed by atoms with Crippen molar-refractivity contribution in [3.63, 3.8) is 0 Å². The highest BCUT2D eigenvalue weighted by molar-refractivity contribution is 6.05. The molecule has 2 aromatic carbocycles. The zero-order valence-corrected chi connectivity index (χ0v) is 14.9. The lowest BCUT2D eigenvalue weighted by molar-refractivity contribution is -0.136. The van der Waals surface area contributed by atoms with Gasteiger partial charge in [-0.3, -0.25) is 4.79 Å². The number of benzene rings is 2. The van der Waals surface area contributed by atoms with Crippen molar-refractivity contribution in [3.05, 3.63) is 65.7 Å². The third-order valence-corrected chi connectivity index (χ3v) is 4.23. The van der Waals surface area contributed by atoms with E-state index >= 15 is 0 Å². The fraction of sp³-hybridized carbons (Fsp3) is 0.286. The molecular weight excluding hydrogens is 326 g/mol. The van der Waals surface area contributed by atoms with Gasteiger partial charge in [0, 0.05) is 30.7 Å². The van der Waals surface area contributed by atoms with Gasteiger partial charge < -0.3 is 10.4 Å². The minimum atomic E-state index is -0.780. The first-order valence-electron chi connectivity index (χ1n) is 8.84. The largest absolute Gasteiger partial charge is 0.481 e. The molecular formula is C21H23N3O2. The Hall–Kier alpha value is -2.95. The molecule has 134 valence electrons. The number of aliphatic carboxylic acids is 1. The Balaban J connectivity index is 1.65. The molecule has 0 aromatic heterocycles. The molecule has 1 aliphatic heterocycles. The molecule has 0 aliphatic carbocycles. The van der Waals surface area contributed by atoms with E-state index in [1.807, 2.05) is 42.5 Å². The van der Waals surface area contributed by atoms with Gasteiger partial charge in [0.25, 0.3) is 0 Å². The van der Waals surface area contributed by atoms with Crippen molar-refractivity contribution in [1.82, 2.24) is 0 Å². The number of carboxylic acid groups (broad SMARTS) is 1. The topological polar surface area (TPSA) is 74.0 Å². The third kappa shape index (κ3) is 5.28. The van der Waals surface area contributed by atoms with Crippen LogP contribution in [-0.4, -0.2) is 28.8 Å². The van der Waals surface area contributed by atoms with Crippen LogP contribution in [0.25, 0.3) is 0 Å². The van der Waals surface area contributed by atoms with E-state index in [2.05, 4.69) is 34.4 Å². The summed E-state index contributed by atoms with van der Waals surface area (Å²) in [5.74, 6) is -0.147. The maximum absolute atomic E-state index is 10.7. The second-order valence-corrected chi connectivity index (χ2v) is 6.56. The van der Waals surface area contributed by atoms with Crippen molar-refractivity contribution in [2.75, 3.05) is 5.32 Å². The SMILES string of the molecule is CC1CC(Cc2ccccc2)=NC(Nc2ccc(CCC(=O)O)cc2)=N1. The molecule has 2 aromatic rings. The van der Waals surface area contributed by atoms with E-state index in [-0.39, 0.29) is 12.5 Å². The molecule has 1 aliphatic rings. The number of hydrogen-bond acceptors (Lipinski definition) is 4. The summed E-state index contributed by atoms with van der Waals surface area (Å²) in [6.45, 7) is 2.09. The average Bonchev–Trinajstić information content (AvgIpc) is 2.61. The molecule has 2 N–H and O–H groups in total. The van der Waals surface area contributed by atoms with Gasteiger partial charge in [0.2, 0.25) is 5.96 Å². The first-order valence-corrected chi connectivity index (χ1v) is 8.84. The summed E-state index contributed by atoms with van der Waals surface area (Å²) >= 11 is 0. The lowest BCUT2D eigenvalue weighted by atomic mass is 10.0. The molecule has 1 atom stereocenters. The molecule has 5 nitrogen and oxygen atoms in total. The summed E-state index contributed by atoms with van der Waals surface area (Å²) in [7, 11) is 0. The first-order chi connectivity index (χ1) is 12.6. The van der Waals surface area contributed by atoms with Crippen molar-refractivity contribution in [1.29, 1.82) is 0 Å². The van der Waals surface area contributed by atoms with Crippen LogP contribution in [0.15, 0.2) is 64.6 Å². The van der Waals surface area contributed by atoms with Crippen LogP contribution in [0.5, 0.6) is 0 Å². The van der Waals surface area contributed by atoms with Crippen LogP contribution in [0.3, 0.4) is 0 Å². The number of rotatable bonds is 6.